The Bertz CT molecular complexity index is 3340. The average molecular weight is 780 g/mol. The summed E-state index contributed by atoms with van der Waals surface area (Å²) in [6.45, 7) is 2.14. The molecule has 288 valence electrons. The quantitative estimate of drug-likeness (QED) is 0.153. The zero-order chi connectivity index (χ0) is 40.7. The van der Waals surface area contributed by atoms with E-state index in [1.165, 1.54) is 66.4 Å². The minimum absolute atomic E-state index is 0.879. The van der Waals surface area contributed by atoms with E-state index < -0.39 is 0 Å². The summed E-state index contributed by atoms with van der Waals surface area (Å²) in [5.74, 6) is 0. The molecule has 0 bridgehead atoms. The number of para-hydroxylation sites is 1. The van der Waals surface area contributed by atoms with Crippen molar-refractivity contribution in [3.63, 3.8) is 0 Å². The molecule has 11 rings (SSSR count). The first-order valence-electron chi connectivity index (χ1n) is 20.9. The standard InChI is InChI=1S/C59H41NO/c1-40-21-23-43(24-22-40)49-36-48(41-11-3-2-4-12-41)37-50(38-49)44-27-31-52(32-28-44)60(53-33-34-59-57(39-53)56-18-7-8-20-58(56)61-59)51-29-25-42(26-30-51)46-15-9-16-47(35-46)55-19-10-14-45-13-5-6-17-54(45)55/h2-39H,1H3. The van der Waals surface area contributed by atoms with E-state index in [9.17, 15) is 0 Å². The lowest BCUT2D eigenvalue weighted by Crippen LogP contribution is -2.09. The molecule has 0 unspecified atom stereocenters. The van der Waals surface area contributed by atoms with Crippen LogP contribution in [0.2, 0.25) is 0 Å². The van der Waals surface area contributed by atoms with Gasteiger partial charge in [-0.25, -0.2) is 0 Å². The molecule has 0 N–H and O–H groups in total. The molecule has 0 fully saturated rings. The van der Waals surface area contributed by atoms with E-state index in [0.717, 1.165) is 44.6 Å². The lowest BCUT2D eigenvalue weighted by Gasteiger charge is -2.26. The van der Waals surface area contributed by atoms with Gasteiger partial charge in [-0.05, 0) is 146 Å². The van der Waals surface area contributed by atoms with Crippen LogP contribution in [0.25, 0.3) is 88.3 Å². The van der Waals surface area contributed by atoms with Crippen LogP contribution in [0.15, 0.2) is 235 Å². The van der Waals surface area contributed by atoms with Crippen molar-refractivity contribution in [2.45, 2.75) is 6.92 Å². The highest BCUT2D eigenvalue weighted by molar-refractivity contribution is 6.06. The summed E-state index contributed by atoms with van der Waals surface area (Å²) in [5, 5.41) is 4.71. The number of aryl methyl sites for hydroxylation is 1. The van der Waals surface area contributed by atoms with Gasteiger partial charge in [0.1, 0.15) is 11.2 Å². The van der Waals surface area contributed by atoms with E-state index in [1.807, 2.05) is 12.1 Å². The predicted octanol–water partition coefficient (Wildman–Crippen LogP) is 16.9. The smallest absolute Gasteiger partial charge is 0.135 e. The van der Waals surface area contributed by atoms with Gasteiger partial charge in [0.05, 0.1) is 0 Å². The zero-order valence-electron chi connectivity index (χ0n) is 33.8. The summed E-state index contributed by atoms with van der Waals surface area (Å²) in [7, 11) is 0. The van der Waals surface area contributed by atoms with Crippen LogP contribution in [0, 0.1) is 6.92 Å². The van der Waals surface area contributed by atoms with Crippen LogP contribution in [-0.2, 0) is 0 Å². The lowest BCUT2D eigenvalue weighted by molar-refractivity contribution is 0.669. The third-order valence-corrected chi connectivity index (χ3v) is 11.9. The molecule has 1 heterocycles. The fraction of sp³-hybridized carbons (Fsp3) is 0.0169. The molecule has 0 saturated heterocycles. The van der Waals surface area contributed by atoms with Crippen LogP contribution < -0.4 is 4.90 Å². The Labute approximate surface area is 356 Å². The normalized spacial score (nSPS) is 11.4. The number of hydrogen-bond acceptors (Lipinski definition) is 2. The number of furan rings is 1. The molecule has 0 spiro atoms. The van der Waals surface area contributed by atoms with Crippen LogP contribution in [0.1, 0.15) is 5.56 Å². The van der Waals surface area contributed by atoms with Crippen LogP contribution >= 0.6 is 0 Å². The van der Waals surface area contributed by atoms with Crippen LogP contribution in [0.4, 0.5) is 17.1 Å². The molecule has 2 heteroatoms. The second kappa shape index (κ2) is 15.3. The highest BCUT2D eigenvalue weighted by Gasteiger charge is 2.17. The van der Waals surface area contributed by atoms with E-state index in [1.54, 1.807) is 0 Å². The van der Waals surface area contributed by atoms with E-state index in [0.29, 0.717) is 0 Å². The van der Waals surface area contributed by atoms with Gasteiger partial charge >= 0.3 is 0 Å². The molecule has 0 aliphatic heterocycles. The van der Waals surface area contributed by atoms with Gasteiger partial charge in [0.25, 0.3) is 0 Å². The molecule has 1 aromatic heterocycles. The van der Waals surface area contributed by atoms with Gasteiger partial charge in [-0.3, -0.25) is 0 Å². The Morgan fingerprint density at radius 2 is 0.770 bits per heavy atom. The molecule has 0 aliphatic carbocycles. The number of fused-ring (bicyclic) bond motifs is 4. The molecule has 2 nitrogen and oxygen atoms in total. The van der Waals surface area contributed by atoms with Gasteiger partial charge < -0.3 is 9.32 Å². The van der Waals surface area contributed by atoms with Crippen LogP contribution in [0.5, 0.6) is 0 Å². The number of anilines is 3. The Balaban J connectivity index is 0.993. The largest absolute Gasteiger partial charge is 0.456 e. The Kier molecular flexibility index (Phi) is 9.09. The Morgan fingerprint density at radius 1 is 0.295 bits per heavy atom. The molecular formula is C59H41NO. The fourth-order valence-corrected chi connectivity index (χ4v) is 8.75. The van der Waals surface area contributed by atoms with Crippen LogP contribution in [0.3, 0.4) is 0 Å². The van der Waals surface area contributed by atoms with Crippen molar-refractivity contribution in [1.82, 2.24) is 0 Å². The van der Waals surface area contributed by atoms with Crippen LogP contribution in [-0.4, -0.2) is 0 Å². The van der Waals surface area contributed by atoms with Crippen molar-refractivity contribution in [2.75, 3.05) is 4.90 Å². The first-order chi connectivity index (χ1) is 30.1. The fourth-order valence-electron chi connectivity index (χ4n) is 8.75. The van der Waals surface area contributed by atoms with Gasteiger partial charge in [-0.15, -0.1) is 0 Å². The van der Waals surface area contributed by atoms with Gasteiger partial charge in [-0.1, -0.05) is 163 Å². The molecular weight excluding hydrogens is 739 g/mol. The lowest BCUT2D eigenvalue weighted by atomic mass is 9.93. The summed E-state index contributed by atoms with van der Waals surface area (Å²) < 4.78 is 6.26. The average Bonchev–Trinajstić information content (AvgIpc) is 3.70. The van der Waals surface area contributed by atoms with E-state index in [-0.39, 0.29) is 0 Å². The first kappa shape index (κ1) is 36.2. The highest BCUT2D eigenvalue weighted by atomic mass is 16.3. The summed E-state index contributed by atoms with van der Waals surface area (Å²) in [5.41, 5.74) is 18.2. The molecule has 0 radical (unpaired) electrons. The van der Waals surface area contributed by atoms with Crippen molar-refractivity contribution in [3.8, 4) is 55.6 Å². The summed E-state index contributed by atoms with van der Waals surface area (Å²) >= 11 is 0. The van der Waals surface area contributed by atoms with E-state index in [4.69, 9.17) is 4.42 Å². The number of nitrogens with zero attached hydrogens (tertiary/aromatic N) is 1. The van der Waals surface area contributed by atoms with Crippen molar-refractivity contribution >= 4 is 49.8 Å². The second-order valence-electron chi connectivity index (χ2n) is 15.8. The van der Waals surface area contributed by atoms with E-state index in [2.05, 4.69) is 230 Å². The maximum absolute atomic E-state index is 6.26. The third kappa shape index (κ3) is 6.94. The van der Waals surface area contributed by atoms with Crippen molar-refractivity contribution in [3.05, 3.63) is 236 Å². The molecule has 10 aromatic carbocycles. The van der Waals surface area contributed by atoms with Gasteiger partial charge in [0, 0.05) is 27.8 Å². The summed E-state index contributed by atoms with van der Waals surface area (Å²) in [6.07, 6.45) is 0. The maximum Gasteiger partial charge on any atom is 0.135 e. The number of hydrogen-bond donors (Lipinski definition) is 0. The van der Waals surface area contributed by atoms with Gasteiger partial charge in [-0.2, -0.15) is 0 Å². The molecule has 11 aromatic rings. The number of benzene rings is 10. The van der Waals surface area contributed by atoms with Crippen molar-refractivity contribution in [1.29, 1.82) is 0 Å². The minimum atomic E-state index is 0.879. The third-order valence-electron chi connectivity index (χ3n) is 11.9. The predicted molar refractivity (Wildman–Crippen MR) is 258 cm³/mol. The molecule has 0 aliphatic rings. The summed E-state index contributed by atoms with van der Waals surface area (Å²) in [4.78, 5) is 2.35. The van der Waals surface area contributed by atoms with Gasteiger partial charge in [0.2, 0.25) is 0 Å². The molecule has 61 heavy (non-hydrogen) atoms. The summed E-state index contributed by atoms with van der Waals surface area (Å²) in [6, 6.07) is 83.2. The topological polar surface area (TPSA) is 16.4 Å². The monoisotopic (exact) mass is 779 g/mol. The Morgan fingerprint density at radius 3 is 1.48 bits per heavy atom. The second-order valence-corrected chi connectivity index (χ2v) is 15.8. The van der Waals surface area contributed by atoms with Crippen molar-refractivity contribution in [2.24, 2.45) is 0 Å². The van der Waals surface area contributed by atoms with Gasteiger partial charge in [0.15, 0.2) is 0 Å². The molecule has 0 saturated carbocycles. The molecule has 0 amide bonds. The van der Waals surface area contributed by atoms with Crippen molar-refractivity contribution < 1.29 is 4.42 Å². The highest BCUT2D eigenvalue weighted by Crippen LogP contribution is 2.41. The Hall–Kier alpha value is -7.94. The molecule has 0 atom stereocenters. The number of rotatable bonds is 8. The SMILES string of the molecule is Cc1ccc(-c2cc(-c3ccccc3)cc(-c3ccc(N(c4ccc(-c5cccc(-c6cccc7ccccc67)c5)cc4)c4ccc5oc6ccccc6c5c4)cc3)c2)cc1. The van der Waals surface area contributed by atoms with E-state index >= 15 is 0 Å². The first-order valence-corrected chi connectivity index (χ1v) is 20.9. The maximum atomic E-state index is 6.26. The minimum Gasteiger partial charge on any atom is -0.456 e. The zero-order valence-corrected chi connectivity index (χ0v) is 33.8.